The summed E-state index contributed by atoms with van der Waals surface area (Å²) in [6, 6.07) is 10.4. The number of rotatable bonds is 8. The summed E-state index contributed by atoms with van der Waals surface area (Å²) in [5.74, 6) is 2.49. The van der Waals surface area contributed by atoms with E-state index in [0.717, 1.165) is 5.69 Å². The Morgan fingerprint density at radius 1 is 0.964 bits per heavy atom. The van der Waals surface area contributed by atoms with Crippen LogP contribution in [0.2, 0.25) is 0 Å². The van der Waals surface area contributed by atoms with Gasteiger partial charge in [0, 0.05) is 23.5 Å². The molecule has 0 radical (unpaired) electrons. The van der Waals surface area contributed by atoms with Gasteiger partial charge in [-0.25, -0.2) is 0 Å². The van der Waals surface area contributed by atoms with E-state index in [4.69, 9.17) is 18.9 Å². The van der Waals surface area contributed by atoms with Crippen molar-refractivity contribution in [2.45, 2.75) is 26.8 Å². The standard InChI is InChI=1S/C21H26N2O5/c1-4-25-17-8-6-15(12-19(17)26-5-2)22-14(3)21(24)23-16-7-9-18-20(13-16)28-11-10-27-18/h6-9,12-14,22H,4-5,10-11H2,1-3H3,(H,23,24)/t14-/m1/s1. The molecule has 0 bridgehead atoms. The second-order valence-corrected chi connectivity index (χ2v) is 6.24. The minimum atomic E-state index is -0.458. The molecule has 1 aliphatic heterocycles. The van der Waals surface area contributed by atoms with E-state index >= 15 is 0 Å². The van der Waals surface area contributed by atoms with Crippen molar-refractivity contribution in [2.75, 3.05) is 37.1 Å². The fraction of sp³-hybridized carbons (Fsp3) is 0.381. The number of hydrogen-bond acceptors (Lipinski definition) is 6. The summed E-state index contributed by atoms with van der Waals surface area (Å²) in [6.07, 6.45) is 0. The van der Waals surface area contributed by atoms with Crippen LogP contribution in [0.4, 0.5) is 11.4 Å². The molecule has 7 nitrogen and oxygen atoms in total. The maximum atomic E-state index is 12.6. The Hall–Kier alpha value is -3.09. The minimum Gasteiger partial charge on any atom is -0.490 e. The molecule has 0 aliphatic carbocycles. The molecule has 150 valence electrons. The first-order valence-corrected chi connectivity index (χ1v) is 9.47. The lowest BCUT2D eigenvalue weighted by Gasteiger charge is -2.20. The molecule has 1 aliphatic rings. The molecule has 7 heteroatoms. The summed E-state index contributed by atoms with van der Waals surface area (Å²) >= 11 is 0. The summed E-state index contributed by atoms with van der Waals surface area (Å²) in [5, 5.41) is 6.08. The highest BCUT2D eigenvalue weighted by molar-refractivity contribution is 5.96. The number of amides is 1. The van der Waals surface area contributed by atoms with Gasteiger partial charge in [0.15, 0.2) is 23.0 Å². The normalized spacial score (nSPS) is 13.4. The summed E-state index contributed by atoms with van der Waals surface area (Å²) in [5.41, 5.74) is 1.43. The van der Waals surface area contributed by atoms with Gasteiger partial charge in [0.1, 0.15) is 19.3 Å². The van der Waals surface area contributed by atoms with Gasteiger partial charge in [-0.3, -0.25) is 4.79 Å². The Morgan fingerprint density at radius 3 is 2.39 bits per heavy atom. The quantitative estimate of drug-likeness (QED) is 0.720. The molecule has 0 saturated carbocycles. The third-order valence-electron chi connectivity index (χ3n) is 4.13. The van der Waals surface area contributed by atoms with E-state index in [1.54, 1.807) is 25.1 Å². The summed E-state index contributed by atoms with van der Waals surface area (Å²) in [4.78, 5) is 12.6. The van der Waals surface area contributed by atoms with Crippen molar-refractivity contribution in [1.29, 1.82) is 0 Å². The molecule has 28 heavy (non-hydrogen) atoms. The fourth-order valence-electron chi connectivity index (χ4n) is 2.83. The van der Waals surface area contributed by atoms with Crippen LogP contribution in [0.5, 0.6) is 23.0 Å². The van der Waals surface area contributed by atoms with Crippen molar-refractivity contribution < 1.29 is 23.7 Å². The van der Waals surface area contributed by atoms with Gasteiger partial charge in [0.25, 0.3) is 0 Å². The lowest BCUT2D eigenvalue weighted by molar-refractivity contribution is -0.116. The first-order valence-electron chi connectivity index (χ1n) is 9.47. The van der Waals surface area contributed by atoms with Crippen molar-refractivity contribution in [3.63, 3.8) is 0 Å². The maximum Gasteiger partial charge on any atom is 0.246 e. The van der Waals surface area contributed by atoms with Crippen LogP contribution in [-0.4, -0.2) is 38.4 Å². The largest absolute Gasteiger partial charge is 0.490 e. The van der Waals surface area contributed by atoms with Crippen LogP contribution < -0.4 is 29.6 Å². The molecule has 1 amide bonds. The lowest BCUT2D eigenvalue weighted by atomic mass is 10.2. The van der Waals surface area contributed by atoms with Gasteiger partial charge in [0.2, 0.25) is 5.91 Å². The van der Waals surface area contributed by atoms with Crippen molar-refractivity contribution in [3.8, 4) is 23.0 Å². The number of carbonyl (C=O) groups is 1. The van der Waals surface area contributed by atoms with E-state index in [-0.39, 0.29) is 5.91 Å². The van der Waals surface area contributed by atoms with Gasteiger partial charge in [-0.15, -0.1) is 0 Å². The Bertz CT molecular complexity index is 824. The molecule has 0 saturated heterocycles. The first kappa shape index (κ1) is 19.7. The SMILES string of the molecule is CCOc1ccc(N[C@H](C)C(=O)Nc2ccc3c(c2)OCCO3)cc1OCC. The fourth-order valence-corrected chi connectivity index (χ4v) is 2.83. The van der Waals surface area contributed by atoms with E-state index in [0.29, 0.717) is 55.1 Å². The predicted molar refractivity (Wildman–Crippen MR) is 108 cm³/mol. The van der Waals surface area contributed by atoms with Gasteiger partial charge in [-0.1, -0.05) is 0 Å². The van der Waals surface area contributed by atoms with E-state index < -0.39 is 6.04 Å². The van der Waals surface area contributed by atoms with Gasteiger partial charge in [-0.2, -0.15) is 0 Å². The average Bonchev–Trinajstić information content (AvgIpc) is 2.70. The molecule has 3 rings (SSSR count). The number of anilines is 2. The van der Waals surface area contributed by atoms with Gasteiger partial charge in [-0.05, 0) is 45.0 Å². The van der Waals surface area contributed by atoms with E-state index in [1.165, 1.54) is 0 Å². The monoisotopic (exact) mass is 386 g/mol. The van der Waals surface area contributed by atoms with Crippen molar-refractivity contribution >= 4 is 17.3 Å². The molecule has 0 spiro atoms. The Kier molecular flexibility index (Phi) is 6.47. The van der Waals surface area contributed by atoms with Crippen molar-refractivity contribution in [1.82, 2.24) is 0 Å². The van der Waals surface area contributed by atoms with Crippen LogP contribution in [0.25, 0.3) is 0 Å². The highest BCUT2D eigenvalue weighted by Gasteiger charge is 2.17. The minimum absolute atomic E-state index is 0.163. The van der Waals surface area contributed by atoms with Crippen molar-refractivity contribution in [2.24, 2.45) is 0 Å². The van der Waals surface area contributed by atoms with Gasteiger partial charge >= 0.3 is 0 Å². The maximum absolute atomic E-state index is 12.6. The second-order valence-electron chi connectivity index (χ2n) is 6.24. The van der Waals surface area contributed by atoms with Gasteiger partial charge in [0.05, 0.1) is 13.2 Å². The molecule has 2 aromatic carbocycles. The Labute approximate surface area is 164 Å². The number of nitrogens with one attached hydrogen (secondary N) is 2. The van der Waals surface area contributed by atoms with Crippen LogP contribution in [0, 0.1) is 0 Å². The highest BCUT2D eigenvalue weighted by atomic mass is 16.6. The van der Waals surface area contributed by atoms with E-state index in [1.807, 2.05) is 32.0 Å². The molecular weight excluding hydrogens is 360 g/mol. The van der Waals surface area contributed by atoms with Crippen LogP contribution in [0.1, 0.15) is 20.8 Å². The number of hydrogen-bond donors (Lipinski definition) is 2. The molecular formula is C21H26N2O5. The summed E-state index contributed by atoms with van der Waals surface area (Å²) < 4.78 is 22.2. The van der Waals surface area contributed by atoms with Crippen molar-refractivity contribution in [3.05, 3.63) is 36.4 Å². The van der Waals surface area contributed by atoms with E-state index in [9.17, 15) is 4.79 Å². The number of carbonyl (C=O) groups excluding carboxylic acids is 1. The third-order valence-corrected chi connectivity index (χ3v) is 4.13. The summed E-state index contributed by atoms with van der Waals surface area (Å²) in [6.45, 7) is 7.76. The van der Waals surface area contributed by atoms with Crippen LogP contribution in [0.15, 0.2) is 36.4 Å². The number of ether oxygens (including phenoxy) is 4. The first-order chi connectivity index (χ1) is 13.6. The van der Waals surface area contributed by atoms with Crippen LogP contribution in [0.3, 0.4) is 0 Å². The van der Waals surface area contributed by atoms with E-state index in [2.05, 4.69) is 10.6 Å². The van der Waals surface area contributed by atoms with Gasteiger partial charge < -0.3 is 29.6 Å². The molecule has 1 atom stereocenters. The average molecular weight is 386 g/mol. The predicted octanol–water partition coefficient (Wildman–Crippen LogP) is 3.69. The zero-order chi connectivity index (χ0) is 19.9. The molecule has 0 fully saturated rings. The Balaban J connectivity index is 1.64. The lowest BCUT2D eigenvalue weighted by Crippen LogP contribution is -2.31. The molecule has 2 aromatic rings. The topological polar surface area (TPSA) is 78.1 Å². The van der Waals surface area contributed by atoms with Crippen LogP contribution >= 0.6 is 0 Å². The third kappa shape index (κ3) is 4.79. The molecule has 0 aromatic heterocycles. The number of benzene rings is 2. The second kappa shape index (κ2) is 9.21. The molecule has 0 unspecified atom stereocenters. The number of fused-ring (bicyclic) bond motifs is 1. The smallest absolute Gasteiger partial charge is 0.246 e. The molecule has 1 heterocycles. The zero-order valence-electron chi connectivity index (χ0n) is 16.4. The highest BCUT2D eigenvalue weighted by Crippen LogP contribution is 2.33. The van der Waals surface area contributed by atoms with Crippen LogP contribution in [-0.2, 0) is 4.79 Å². The summed E-state index contributed by atoms with van der Waals surface area (Å²) in [7, 11) is 0. The zero-order valence-corrected chi connectivity index (χ0v) is 16.4. The molecule has 2 N–H and O–H groups in total. The Morgan fingerprint density at radius 2 is 1.64 bits per heavy atom.